The second-order valence-electron chi connectivity index (χ2n) is 10.7. The van der Waals surface area contributed by atoms with Gasteiger partial charge in [-0.2, -0.15) is 5.10 Å². The predicted molar refractivity (Wildman–Crippen MR) is 161 cm³/mol. The van der Waals surface area contributed by atoms with Crippen molar-refractivity contribution < 1.29 is 54.6 Å². The van der Waals surface area contributed by atoms with Gasteiger partial charge in [-0.3, -0.25) is 14.4 Å². The number of carbonyl (C=O) groups is 4. The summed E-state index contributed by atoms with van der Waals surface area (Å²) in [7, 11) is 1.24. The Morgan fingerprint density at radius 3 is 2.24 bits per heavy atom. The molecule has 0 heterocycles. The number of hydrogen-bond acceptors (Lipinski definition) is 11. The first-order chi connectivity index (χ1) is 21.9. The van der Waals surface area contributed by atoms with Gasteiger partial charge in [0.15, 0.2) is 5.78 Å². The molecule has 4 aromatic rings. The van der Waals surface area contributed by atoms with Crippen LogP contribution in [-0.4, -0.2) is 67.4 Å². The quantitative estimate of drug-likeness (QED) is 0.111. The number of aromatic carboxylic acids is 1. The third-order valence-electron chi connectivity index (χ3n) is 8.22. The normalized spacial score (nSPS) is 13.1. The number of phenols is 5. The lowest BCUT2D eigenvalue weighted by Gasteiger charge is -2.30. The fraction of sp³-hybridized carbons (Fsp3) is 0.121. The van der Waals surface area contributed by atoms with Crippen LogP contribution in [-0.2, 0) is 12.8 Å². The zero-order chi connectivity index (χ0) is 33.2. The van der Waals surface area contributed by atoms with Gasteiger partial charge in [-0.25, -0.2) is 10.2 Å². The number of carboxylic acid groups (broad SMARTS) is 1. The van der Waals surface area contributed by atoms with Crippen LogP contribution in [0.2, 0.25) is 0 Å². The summed E-state index contributed by atoms with van der Waals surface area (Å²) in [6.07, 6.45) is 1.28. The Morgan fingerprint density at radius 2 is 1.57 bits per heavy atom. The van der Waals surface area contributed by atoms with Gasteiger partial charge in [-0.15, -0.1) is 0 Å². The summed E-state index contributed by atoms with van der Waals surface area (Å²) in [5.74, 6) is -7.05. The first kappa shape index (κ1) is 29.7. The number of carbonyl (C=O) groups excluding carboxylic acids is 3. The number of para-hydroxylation sites is 1. The third-order valence-corrected chi connectivity index (χ3v) is 8.22. The average molecular weight is 625 g/mol. The molecular weight excluding hydrogens is 600 g/mol. The fourth-order valence-corrected chi connectivity index (χ4v) is 6.05. The molecule has 0 bridgehead atoms. The standard InChI is InChI=1S/C33H24N2O11/c1-12-19(37)10-17-23(26(12)38)30(42)25-24(27(17)39)29(41)22-16(31(25)46-2)8-7-13-9-14(21(33(44)45)28(40)20(13)22)11-34-35-32(43)15-5-3-4-6-18(15)36/h3-6,9-11,36-38,40-41H,7-8H2,1-2H3,(H,35,43)(H,44,45)/b34-11+. The van der Waals surface area contributed by atoms with E-state index in [1.807, 2.05) is 0 Å². The molecule has 7 N–H and O–H groups in total. The number of ketones is 2. The van der Waals surface area contributed by atoms with Crippen molar-refractivity contribution in [2.75, 3.05) is 7.11 Å². The van der Waals surface area contributed by atoms with Crippen molar-refractivity contribution >= 4 is 29.7 Å². The van der Waals surface area contributed by atoms with Crippen LogP contribution in [0, 0.1) is 6.92 Å². The summed E-state index contributed by atoms with van der Waals surface area (Å²) in [5, 5.41) is 67.7. The second kappa shape index (κ2) is 10.7. The van der Waals surface area contributed by atoms with Crippen LogP contribution in [0.5, 0.6) is 34.5 Å². The lowest BCUT2D eigenvalue weighted by Crippen LogP contribution is -2.24. The number of aryl methyl sites for hydroxylation is 1. The second-order valence-corrected chi connectivity index (χ2v) is 10.7. The zero-order valence-corrected chi connectivity index (χ0v) is 24.1. The van der Waals surface area contributed by atoms with Crippen molar-refractivity contribution in [1.29, 1.82) is 0 Å². The minimum Gasteiger partial charge on any atom is -0.508 e. The van der Waals surface area contributed by atoms with Gasteiger partial charge in [0, 0.05) is 33.4 Å². The highest BCUT2D eigenvalue weighted by molar-refractivity contribution is 6.32. The number of ether oxygens (including phenoxy) is 1. The Bertz CT molecular complexity index is 2110. The number of fused-ring (bicyclic) bond motifs is 5. The Morgan fingerprint density at radius 1 is 0.848 bits per heavy atom. The van der Waals surface area contributed by atoms with Crippen molar-refractivity contribution in [3.8, 4) is 45.6 Å². The highest BCUT2D eigenvalue weighted by Gasteiger charge is 2.42. The molecule has 1 amide bonds. The minimum absolute atomic E-state index is 0.0262. The van der Waals surface area contributed by atoms with Crippen LogP contribution < -0.4 is 10.2 Å². The smallest absolute Gasteiger partial charge is 0.340 e. The van der Waals surface area contributed by atoms with E-state index in [-0.39, 0.29) is 74.4 Å². The van der Waals surface area contributed by atoms with Gasteiger partial charge in [0.25, 0.3) is 5.91 Å². The summed E-state index contributed by atoms with van der Waals surface area (Å²) in [6, 6.07) is 8.11. The highest BCUT2D eigenvalue weighted by Crippen LogP contribution is 2.54. The molecule has 13 heteroatoms. The molecule has 232 valence electrons. The van der Waals surface area contributed by atoms with Crippen LogP contribution in [0.25, 0.3) is 11.1 Å². The van der Waals surface area contributed by atoms with Crippen LogP contribution in [0.3, 0.4) is 0 Å². The van der Waals surface area contributed by atoms with Crippen molar-refractivity contribution in [3.63, 3.8) is 0 Å². The number of hydrogen-bond donors (Lipinski definition) is 7. The summed E-state index contributed by atoms with van der Waals surface area (Å²) in [5.41, 5.74) is 0.124. The number of phenolic OH excluding ortho intramolecular Hbond substituents is 4. The summed E-state index contributed by atoms with van der Waals surface area (Å²) in [4.78, 5) is 52.3. The zero-order valence-electron chi connectivity index (χ0n) is 24.1. The van der Waals surface area contributed by atoms with Gasteiger partial charge in [-0.1, -0.05) is 12.1 Å². The molecule has 0 aliphatic heterocycles. The first-order valence-corrected chi connectivity index (χ1v) is 13.7. The number of rotatable bonds is 5. The van der Waals surface area contributed by atoms with E-state index in [0.29, 0.717) is 5.56 Å². The number of carboxylic acids is 1. The third kappa shape index (κ3) is 4.20. The Labute approximate surface area is 259 Å². The van der Waals surface area contributed by atoms with E-state index in [4.69, 9.17) is 4.74 Å². The number of methoxy groups -OCH3 is 1. The van der Waals surface area contributed by atoms with E-state index in [2.05, 4.69) is 10.5 Å². The molecule has 4 aromatic carbocycles. The number of aromatic hydroxyl groups is 5. The Balaban J connectivity index is 1.52. The molecular formula is C33H24N2O11. The molecule has 0 fully saturated rings. The highest BCUT2D eigenvalue weighted by atomic mass is 16.5. The molecule has 2 aliphatic carbocycles. The molecule has 0 spiro atoms. The number of amides is 1. The van der Waals surface area contributed by atoms with Gasteiger partial charge >= 0.3 is 5.97 Å². The average Bonchev–Trinajstić information content (AvgIpc) is 3.02. The van der Waals surface area contributed by atoms with E-state index >= 15 is 0 Å². The van der Waals surface area contributed by atoms with Gasteiger partial charge in [-0.05, 0) is 49.6 Å². The van der Waals surface area contributed by atoms with Crippen LogP contribution >= 0.6 is 0 Å². The molecule has 0 atom stereocenters. The molecule has 0 radical (unpaired) electrons. The number of hydrazone groups is 1. The minimum atomic E-state index is -1.58. The lowest BCUT2D eigenvalue weighted by atomic mass is 9.74. The maximum Gasteiger partial charge on any atom is 0.340 e. The van der Waals surface area contributed by atoms with Crippen molar-refractivity contribution in [1.82, 2.24) is 5.43 Å². The van der Waals surface area contributed by atoms with Crippen LogP contribution in [0.15, 0.2) is 41.5 Å². The maximum absolute atomic E-state index is 13.8. The Kier molecular flexibility index (Phi) is 6.88. The molecule has 0 aromatic heterocycles. The first-order valence-electron chi connectivity index (χ1n) is 13.7. The summed E-state index contributed by atoms with van der Waals surface area (Å²) >= 11 is 0. The van der Waals surface area contributed by atoms with Gasteiger partial charge in [0.05, 0.1) is 35.6 Å². The molecule has 0 saturated carbocycles. The summed E-state index contributed by atoms with van der Waals surface area (Å²) in [6.45, 7) is 1.36. The monoisotopic (exact) mass is 624 g/mol. The van der Waals surface area contributed by atoms with E-state index < -0.39 is 57.6 Å². The molecule has 6 rings (SSSR count). The fourth-order valence-electron chi connectivity index (χ4n) is 6.05. The maximum atomic E-state index is 13.8. The van der Waals surface area contributed by atoms with Crippen LogP contribution in [0.4, 0.5) is 0 Å². The topological polar surface area (TPSA) is 223 Å². The van der Waals surface area contributed by atoms with Crippen LogP contribution in [0.1, 0.15) is 74.8 Å². The number of nitrogens with one attached hydrogen (secondary N) is 1. The molecule has 46 heavy (non-hydrogen) atoms. The SMILES string of the molecule is COc1c2c(c(O)c3c1C(=O)c1c(cc(O)c(C)c1O)C3=O)-c1c(cc(/C=N/NC(=O)c3ccccc3O)c(C(=O)O)c1O)CC2. The Hall–Kier alpha value is -6.37. The van der Waals surface area contributed by atoms with E-state index in [1.165, 1.54) is 44.4 Å². The predicted octanol–water partition coefficient (Wildman–Crippen LogP) is 3.53. The number of nitrogens with zero attached hydrogens (tertiary/aromatic N) is 1. The molecule has 2 aliphatic rings. The number of benzene rings is 4. The van der Waals surface area contributed by atoms with E-state index in [9.17, 15) is 49.8 Å². The van der Waals surface area contributed by atoms with E-state index in [1.54, 1.807) is 0 Å². The molecule has 13 nitrogen and oxygen atoms in total. The molecule has 0 saturated heterocycles. The van der Waals surface area contributed by atoms with Crippen molar-refractivity contribution in [2.24, 2.45) is 5.10 Å². The largest absolute Gasteiger partial charge is 0.508 e. The lowest BCUT2D eigenvalue weighted by molar-refractivity contribution is 0.0693. The van der Waals surface area contributed by atoms with E-state index in [0.717, 1.165) is 12.3 Å². The van der Waals surface area contributed by atoms with Crippen molar-refractivity contribution in [2.45, 2.75) is 19.8 Å². The van der Waals surface area contributed by atoms with Crippen molar-refractivity contribution in [3.05, 3.63) is 92.0 Å². The van der Waals surface area contributed by atoms with Gasteiger partial charge < -0.3 is 35.4 Å². The summed E-state index contributed by atoms with van der Waals surface area (Å²) < 4.78 is 5.58. The molecule has 0 unspecified atom stereocenters. The van der Waals surface area contributed by atoms with Gasteiger partial charge in [0.2, 0.25) is 5.78 Å². The van der Waals surface area contributed by atoms with Gasteiger partial charge in [0.1, 0.15) is 40.1 Å².